The summed E-state index contributed by atoms with van der Waals surface area (Å²) in [6.07, 6.45) is 4.98. The Morgan fingerprint density at radius 2 is 2.10 bits per heavy atom. The van der Waals surface area contributed by atoms with Crippen LogP contribution >= 0.6 is 0 Å². The highest BCUT2D eigenvalue weighted by atomic mass is 16.5. The van der Waals surface area contributed by atoms with E-state index in [4.69, 9.17) is 4.74 Å². The number of benzene rings is 1. The maximum Gasteiger partial charge on any atom is 0.118 e. The molecule has 1 saturated heterocycles. The van der Waals surface area contributed by atoms with Gasteiger partial charge >= 0.3 is 0 Å². The summed E-state index contributed by atoms with van der Waals surface area (Å²) in [5.41, 5.74) is 1.40. The van der Waals surface area contributed by atoms with Gasteiger partial charge in [0.2, 0.25) is 0 Å². The third kappa shape index (κ3) is 4.22. The van der Waals surface area contributed by atoms with Crippen molar-refractivity contribution >= 4 is 0 Å². The molecule has 1 aromatic carbocycles. The molecule has 1 aromatic rings. The predicted molar refractivity (Wildman–Crippen MR) is 84.4 cm³/mol. The molecule has 0 saturated carbocycles. The fourth-order valence-corrected chi connectivity index (χ4v) is 2.91. The van der Waals surface area contributed by atoms with Gasteiger partial charge in [-0.05, 0) is 63.9 Å². The van der Waals surface area contributed by atoms with Crippen LogP contribution in [-0.4, -0.2) is 44.2 Å². The first-order valence-electron chi connectivity index (χ1n) is 7.76. The quantitative estimate of drug-likeness (QED) is 0.864. The standard InChI is InChI=1S/C17H28N2O/c1-14(19(2)16-5-4-12-18-13-16)6-7-15-8-10-17(20-3)11-9-15/h8-11,14,16,18H,4-7,12-13H2,1-3H3. The van der Waals surface area contributed by atoms with Gasteiger partial charge in [-0.1, -0.05) is 12.1 Å². The summed E-state index contributed by atoms with van der Waals surface area (Å²) >= 11 is 0. The Hall–Kier alpha value is -1.06. The number of methoxy groups -OCH3 is 1. The van der Waals surface area contributed by atoms with Crippen molar-refractivity contribution < 1.29 is 4.74 Å². The Morgan fingerprint density at radius 3 is 2.70 bits per heavy atom. The molecule has 1 fully saturated rings. The molecular weight excluding hydrogens is 248 g/mol. The van der Waals surface area contributed by atoms with Crippen LogP contribution < -0.4 is 10.1 Å². The largest absolute Gasteiger partial charge is 0.497 e. The molecular formula is C17H28N2O. The van der Waals surface area contributed by atoms with Crippen molar-refractivity contribution in [1.82, 2.24) is 10.2 Å². The van der Waals surface area contributed by atoms with Crippen LogP contribution in [0, 0.1) is 0 Å². The monoisotopic (exact) mass is 276 g/mol. The number of rotatable bonds is 6. The van der Waals surface area contributed by atoms with Crippen LogP contribution in [0.3, 0.4) is 0 Å². The highest BCUT2D eigenvalue weighted by molar-refractivity contribution is 5.27. The van der Waals surface area contributed by atoms with Gasteiger partial charge in [0, 0.05) is 18.6 Å². The molecule has 1 N–H and O–H groups in total. The second kappa shape index (κ2) is 7.65. The molecule has 1 heterocycles. The molecule has 2 rings (SSSR count). The molecule has 0 amide bonds. The van der Waals surface area contributed by atoms with Gasteiger partial charge in [0.1, 0.15) is 5.75 Å². The Labute approximate surface area is 123 Å². The Morgan fingerprint density at radius 1 is 1.35 bits per heavy atom. The number of nitrogens with one attached hydrogen (secondary N) is 1. The zero-order chi connectivity index (χ0) is 14.4. The molecule has 1 aliphatic rings. The van der Waals surface area contributed by atoms with E-state index in [-0.39, 0.29) is 0 Å². The van der Waals surface area contributed by atoms with Crippen LogP contribution in [0.4, 0.5) is 0 Å². The third-order valence-electron chi connectivity index (χ3n) is 4.55. The average molecular weight is 276 g/mol. The van der Waals surface area contributed by atoms with Gasteiger partial charge in [-0.2, -0.15) is 0 Å². The van der Waals surface area contributed by atoms with Gasteiger partial charge in [0.15, 0.2) is 0 Å². The van der Waals surface area contributed by atoms with E-state index in [9.17, 15) is 0 Å². The normalized spacial score (nSPS) is 20.9. The van der Waals surface area contributed by atoms with Gasteiger partial charge in [-0.25, -0.2) is 0 Å². The SMILES string of the molecule is COc1ccc(CCC(C)N(C)C2CCCNC2)cc1. The predicted octanol–water partition coefficient (Wildman–Crippen LogP) is 2.70. The highest BCUT2D eigenvalue weighted by Gasteiger charge is 2.21. The summed E-state index contributed by atoms with van der Waals surface area (Å²) in [5.74, 6) is 0.937. The van der Waals surface area contributed by atoms with Crippen molar-refractivity contribution in [2.45, 2.75) is 44.7 Å². The van der Waals surface area contributed by atoms with Crippen molar-refractivity contribution in [1.29, 1.82) is 0 Å². The number of aryl methyl sites for hydroxylation is 1. The van der Waals surface area contributed by atoms with Crippen LogP contribution in [0.15, 0.2) is 24.3 Å². The average Bonchev–Trinajstić information content (AvgIpc) is 2.53. The lowest BCUT2D eigenvalue weighted by molar-refractivity contribution is 0.149. The number of ether oxygens (including phenoxy) is 1. The maximum atomic E-state index is 5.20. The lowest BCUT2D eigenvalue weighted by Crippen LogP contribution is -2.47. The topological polar surface area (TPSA) is 24.5 Å². The second-order valence-electron chi connectivity index (χ2n) is 5.90. The van der Waals surface area contributed by atoms with Gasteiger partial charge < -0.3 is 10.1 Å². The van der Waals surface area contributed by atoms with Crippen molar-refractivity contribution in [2.75, 3.05) is 27.2 Å². The molecule has 20 heavy (non-hydrogen) atoms. The van der Waals surface area contributed by atoms with E-state index < -0.39 is 0 Å². The minimum atomic E-state index is 0.627. The van der Waals surface area contributed by atoms with Gasteiger partial charge in [0.05, 0.1) is 7.11 Å². The molecule has 2 atom stereocenters. The Kier molecular flexibility index (Phi) is 5.86. The van der Waals surface area contributed by atoms with Crippen molar-refractivity contribution in [3.63, 3.8) is 0 Å². The molecule has 3 nitrogen and oxygen atoms in total. The molecule has 0 aromatic heterocycles. The molecule has 2 unspecified atom stereocenters. The van der Waals surface area contributed by atoms with Crippen molar-refractivity contribution in [2.24, 2.45) is 0 Å². The van der Waals surface area contributed by atoms with Crippen LogP contribution in [0.5, 0.6) is 5.75 Å². The minimum Gasteiger partial charge on any atom is -0.497 e. The number of hydrogen-bond acceptors (Lipinski definition) is 3. The minimum absolute atomic E-state index is 0.627. The molecule has 0 bridgehead atoms. The van der Waals surface area contributed by atoms with Crippen LogP contribution in [0.1, 0.15) is 31.7 Å². The first kappa shape index (κ1) is 15.3. The molecule has 0 radical (unpaired) electrons. The lowest BCUT2D eigenvalue weighted by Gasteiger charge is -2.36. The number of hydrogen-bond donors (Lipinski definition) is 1. The van der Waals surface area contributed by atoms with E-state index in [0.717, 1.165) is 18.7 Å². The number of likely N-dealkylation sites (N-methyl/N-ethyl adjacent to an activating group) is 1. The first-order chi connectivity index (χ1) is 9.70. The summed E-state index contributed by atoms with van der Waals surface area (Å²) in [6.45, 7) is 4.67. The fraction of sp³-hybridized carbons (Fsp3) is 0.647. The molecule has 0 spiro atoms. The van der Waals surface area contributed by atoms with E-state index >= 15 is 0 Å². The van der Waals surface area contributed by atoms with E-state index in [1.165, 1.54) is 31.4 Å². The van der Waals surface area contributed by atoms with Gasteiger partial charge in [-0.15, -0.1) is 0 Å². The fourth-order valence-electron chi connectivity index (χ4n) is 2.91. The van der Waals surface area contributed by atoms with E-state index in [2.05, 4.69) is 48.5 Å². The Bertz CT molecular complexity index is 384. The van der Waals surface area contributed by atoms with Gasteiger partial charge in [0.25, 0.3) is 0 Å². The van der Waals surface area contributed by atoms with Crippen molar-refractivity contribution in [3.05, 3.63) is 29.8 Å². The highest BCUT2D eigenvalue weighted by Crippen LogP contribution is 2.17. The zero-order valence-corrected chi connectivity index (χ0v) is 13.1. The number of nitrogens with zero attached hydrogens (tertiary/aromatic N) is 1. The molecule has 1 aliphatic heterocycles. The smallest absolute Gasteiger partial charge is 0.118 e. The van der Waals surface area contributed by atoms with Crippen LogP contribution in [0.25, 0.3) is 0 Å². The van der Waals surface area contributed by atoms with Crippen LogP contribution in [0.2, 0.25) is 0 Å². The number of piperidine rings is 1. The zero-order valence-electron chi connectivity index (χ0n) is 13.1. The first-order valence-corrected chi connectivity index (χ1v) is 7.76. The second-order valence-corrected chi connectivity index (χ2v) is 5.90. The summed E-state index contributed by atoms with van der Waals surface area (Å²) in [5, 5.41) is 3.50. The van der Waals surface area contributed by atoms with Crippen LogP contribution in [-0.2, 0) is 6.42 Å². The van der Waals surface area contributed by atoms with Gasteiger partial charge in [-0.3, -0.25) is 4.90 Å². The van der Waals surface area contributed by atoms with E-state index in [1.807, 2.05) is 0 Å². The van der Waals surface area contributed by atoms with E-state index in [0.29, 0.717) is 12.1 Å². The summed E-state index contributed by atoms with van der Waals surface area (Å²) in [4.78, 5) is 2.55. The molecule has 3 heteroatoms. The molecule has 0 aliphatic carbocycles. The lowest BCUT2D eigenvalue weighted by atomic mass is 10.0. The third-order valence-corrected chi connectivity index (χ3v) is 4.55. The van der Waals surface area contributed by atoms with Crippen molar-refractivity contribution in [3.8, 4) is 5.75 Å². The summed E-state index contributed by atoms with van der Waals surface area (Å²) in [6, 6.07) is 9.78. The Balaban J connectivity index is 1.79. The molecule has 112 valence electrons. The summed E-state index contributed by atoms with van der Waals surface area (Å²) < 4.78 is 5.20. The maximum absolute atomic E-state index is 5.20. The van der Waals surface area contributed by atoms with E-state index in [1.54, 1.807) is 7.11 Å². The summed E-state index contributed by atoms with van der Waals surface area (Å²) in [7, 11) is 3.99.